The predicted octanol–water partition coefficient (Wildman–Crippen LogP) is 3.34. The smallest absolute Gasteiger partial charge is 0.150 e. The zero-order chi connectivity index (χ0) is 18.6. The number of nitrogens with zero attached hydrogens (tertiary/aromatic N) is 3. The Kier molecular flexibility index (Phi) is 5.09. The zero-order valence-corrected chi connectivity index (χ0v) is 15.5. The maximum atomic E-state index is 6.18. The van der Waals surface area contributed by atoms with Crippen molar-refractivity contribution in [3.63, 3.8) is 0 Å². The first-order chi connectivity index (χ1) is 13.2. The van der Waals surface area contributed by atoms with E-state index in [0.717, 1.165) is 41.1 Å². The first-order valence-electron chi connectivity index (χ1n) is 8.78. The van der Waals surface area contributed by atoms with Gasteiger partial charge in [-0.2, -0.15) is 5.10 Å². The number of benzene rings is 2. The van der Waals surface area contributed by atoms with Crippen LogP contribution in [0.5, 0.6) is 0 Å². The first kappa shape index (κ1) is 17.6. The van der Waals surface area contributed by atoms with Gasteiger partial charge in [0.05, 0.1) is 37.3 Å². The van der Waals surface area contributed by atoms with Gasteiger partial charge in [0.2, 0.25) is 0 Å². The lowest BCUT2D eigenvalue weighted by molar-refractivity contribution is 0.0393. The fourth-order valence-corrected chi connectivity index (χ4v) is 3.11. The molecule has 0 amide bonds. The van der Waals surface area contributed by atoms with Gasteiger partial charge < -0.3 is 15.5 Å². The highest BCUT2D eigenvalue weighted by molar-refractivity contribution is 6.32. The Bertz CT molecular complexity index is 1000. The van der Waals surface area contributed by atoms with Gasteiger partial charge in [0, 0.05) is 10.6 Å². The number of aromatic amines is 1. The van der Waals surface area contributed by atoms with E-state index >= 15 is 0 Å². The minimum atomic E-state index is 0.488. The SMILES string of the molecule is N/C(=N/N1CCOCC1)c1ccc2nc(/C=C/c3ccccc3Cl)[nH]c2c1. The number of aromatic nitrogens is 2. The first-order valence-corrected chi connectivity index (χ1v) is 9.16. The van der Waals surface area contributed by atoms with Crippen LogP contribution >= 0.6 is 11.6 Å². The van der Waals surface area contributed by atoms with Crippen molar-refractivity contribution in [2.45, 2.75) is 0 Å². The number of amidine groups is 1. The van der Waals surface area contributed by atoms with E-state index in [4.69, 9.17) is 22.1 Å². The topological polar surface area (TPSA) is 79.5 Å². The molecule has 3 aromatic rings. The van der Waals surface area contributed by atoms with Gasteiger partial charge in [-0.15, -0.1) is 0 Å². The van der Waals surface area contributed by atoms with Crippen molar-refractivity contribution in [3.8, 4) is 0 Å². The van der Waals surface area contributed by atoms with Gasteiger partial charge in [0.25, 0.3) is 0 Å². The minimum absolute atomic E-state index is 0.488. The third kappa shape index (κ3) is 4.13. The number of ether oxygens (including phenoxy) is 1. The average Bonchev–Trinajstić information content (AvgIpc) is 3.10. The molecule has 1 fully saturated rings. The summed E-state index contributed by atoms with van der Waals surface area (Å²) in [6.45, 7) is 2.86. The summed E-state index contributed by atoms with van der Waals surface area (Å²) in [6, 6.07) is 13.5. The number of imidazole rings is 1. The standard InChI is InChI=1S/C20H20ClN5O/c21-16-4-2-1-3-14(16)6-8-19-23-17-7-5-15(13-18(17)24-19)20(22)25-26-9-11-27-12-10-26/h1-8,13H,9-12H2,(H2,22,25)(H,23,24)/b8-6+. The maximum absolute atomic E-state index is 6.18. The predicted molar refractivity (Wildman–Crippen MR) is 110 cm³/mol. The molecule has 0 atom stereocenters. The molecule has 7 heteroatoms. The minimum Gasteiger partial charge on any atom is -0.382 e. The van der Waals surface area contributed by atoms with E-state index in [-0.39, 0.29) is 0 Å². The summed E-state index contributed by atoms with van der Waals surface area (Å²) in [6.07, 6.45) is 3.85. The molecular formula is C20H20ClN5O. The van der Waals surface area contributed by atoms with Crippen molar-refractivity contribution in [3.05, 3.63) is 64.4 Å². The fraction of sp³-hybridized carbons (Fsp3) is 0.200. The van der Waals surface area contributed by atoms with Gasteiger partial charge in [-0.25, -0.2) is 4.98 Å². The Morgan fingerprint density at radius 3 is 2.81 bits per heavy atom. The van der Waals surface area contributed by atoms with Crippen LogP contribution in [0.3, 0.4) is 0 Å². The van der Waals surface area contributed by atoms with Crippen LogP contribution in [0, 0.1) is 0 Å². The number of H-pyrrole nitrogens is 1. The van der Waals surface area contributed by atoms with Crippen LogP contribution in [0.1, 0.15) is 17.0 Å². The molecule has 1 aliphatic rings. The Morgan fingerprint density at radius 2 is 2.00 bits per heavy atom. The zero-order valence-electron chi connectivity index (χ0n) is 14.7. The molecule has 138 valence electrons. The summed E-state index contributed by atoms with van der Waals surface area (Å²) in [5.41, 5.74) is 9.77. The molecular weight excluding hydrogens is 362 g/mol. The van der Waals surface area contributed by atoms with Crippen LogP contribution in [-0.4, -0.2) is 47.1 Å². The van der Waals surface area contributed by atoms with Gasteiger partial charge in [0.15, 0.2) is 5.84 Å². The molecule has 3 N–H and O–H groups in total. The second kappa shape index (κ2) is 7.82. The number of morpholine rings is 1. The molecule has 2 heterocycles. The molecule has 0 radical (unpaired) electrons. The van der Waals surface area contributed by atoms with Crippen molar-refractivity contribution in [2.24, 2.45) is 10.8 Å². The number of hydrogen-bond donors (Lipinski definition) is 2. The highest BCUT2D eigenvalue weighted by Crippen LogP contribution is 2.19. The average molecular weight is 382 g/mol. The number of halogens is 1. The second-order valence-electron chi connectivity index (χ2n) is 6.26. The molecule has 0 unspecified atom stereocenters. The van der Waals surface area contributed by atoms with E-state index in [0.29, 0.717) is 24.1 Å². The van der Waals surface area contributed by atoms with Gasteiger partial charge in [-0.05, 0) is 42.0 Å². The summed E-state index contributed by atoms with van der Waals surface area (Å²) in [4.78, 5) is 7.88. The Morgan fingerprint density at radius 1 is 1.19 bits per heavy atom. The van der Waals surface area contributed by atoms with Crippen molar-refractivity contribution < 1.29 is 4.74 Å². The van der Waals surface area contributed by atoms with Gasteiger partial charge in [-0.3, -0.25) is 5.01 Å². The highest BCUT2D eigenvalue weighted by atomic mass is 35.5. The van der Waals surface area contributed by atoms with E-state index < -0.39 is 0 Å². The van der Waals surface area contributed by atoms with Crippen LogP contribution < -0.4 is 5.73 Å². The molecule has 0 spiro atoms. The lowest BCUT2D eigenvalue weighted by Crippen LogP contribution is -2.34. The number of hydrazone groups is 1. The molecule has 0 aliphatic carbocycles. The summed E-state index contributed by atoms with van der Waals surface area (Å²) in [5, 5.41) is 7.14. The summed E-state index contributed by atoms with van der Waals surface area (Å²) in [5.74, 6) is 1.24. The molecule has 6 nitrogen and oxygen atoms in total. The van der Waals surface area contributed by atoms with Gasteiger partial charge in [-0.1, -0.05) is 29.8 Å². The van der Waals surface area contributed by atoms with E-state index in [1.54, 1.807) is 0 Å². The number of nitrogens with one attached hydrogen (secondary N) is 1. The molecule has 27 heavy (non-hydrogen) atoms. The molecule has 0 bridgehead atoms. The molecule has 1 saturated heterocycles. The third-order valence-corrected chi connectivity index (χ3v) is 4.70. The van der Waals surface area contributed by atoms with Gasteiger partial charge in [0.1, 0.15) is 5.82 Å². The summed E-state index contributed by atoms with van der Waals surface area (Å²) >= 11 is 6.18. The number of hydrogen-bond acceptors (Lipinski definition) is 4. The van der Waals surface area contributed by atoms with Crippen molar-refractivity contribution in [1.82, 2.24) is 15.0 Å². The molecule has 1 aliphatic heterocycles. The molecule has 1 aromatic heterocycles. The normalized spacial score (nSPS) is 15.7. The van der Waals surface area contributed by atoms with E-state index in [1.807, 2.05) is 59.6 Å². The maximum Gasteiger partial charge on any atom is 0.150 e. The van der Waals surface area contributed by atoms with E-state index in [2.05, 4.69) is 15.1 Å². The third-order valence-electron chi connectivity index (χ3n) is 4.36. The van der Waals surface area contributed by atoms with Crippen molar-refractivity contribution in [2.75, 3.05) is 26.3 Å². The highest BCUT2D eigenvalue weighted by Gasteiger charge is 2.10. The van der Waals surface area contributed by atoms with E-state index in [1.165, 1.54) is 0 Å². The fourth-order valence-electron chi connectivity index (χ4n) is 2.91. The van der Waals surface area contributed by atoms with Crippen LogP contribution in [-0.2, 0) is 4.74 Å². The number of rotatable bonds is 4. The molecule has 2 aromatic carbocycles. The Balaban J connectivity index is 1.56. The lowest BCUT2D eigenvalue weighted by atomic mass is 10.2. The molecule has 4 rings (SSSR count). The largest absolute Gasteiger partial charge is 0.382 e. The van der Waals surface area contributed by atoms with Gasteiger partial charge >= 0.3 is 0 Å². The Labute approximate surface area is 162 Å². The second-order valence-corrected chi connectivity index (χ2v) is 6.67. The monoisotopic (exact) mass is 381 g/mol. The van der Waals surface area contributed by atoms with Crippen LogP contribution in [0.4, 0.5) is 0 Å². The summed E-state index contributed by atoms with van der Waals surface area (Å²) in [7, 11) is 0. The number of nitrogens with two attached hydrogens (primary N) is 1. The van der Waals surface area contributed by atoms with E-state index in [9.17, 15) is 0 Å². The quantitative estimate of drug-likeness (QED) is 0.536. The number of fused-ring (bicyclic) bond motifs is 1. The Hall–Kier alpha value is -2.83. The van der Waals surface area contributed by atoms with Crippen molar-refractivity contribution >= 4 is 40.6 Å². The molecule has 0 saturated carbocycles. The van der Waals surface area contributed by atoms with Crippen LogP contribution in [0.25, 0.3) is 23.2 Å². The van der Waals surface area contributed by atoms with Crippen LogP contribution in [0.15, 0.2) is 47.6 Å². The van der Waals surface area contributed by atoms with Crippen LogP contribution in [0.2, 0.25) is 5.02 Å². The van der Waals surface area contributed by atoms with Crippen molar-refractivity contribution in [1.29, 1.82) is 0 Å². The summed E-state index contributed by atoms with van der Waals surface area (Å²) < 4.78 is 5.33. The lowest BCUT2D eigenvalue weighted by Gasteiger charge is -2.24.